The number of carbonyl (C=O) groups excluding carboxylic acids is 1. The standard InChI is InChI=1S/C21H19ClO6/c1-2-3-10-25-20(23)13-26-14-8-9-15-18(11-14)27-12-19(21(15)24)28-17-7-5-4-6-16(17)22/h4-9,11-12H,2-3,10,13H2,1H3. The number of unbranched alkanes of at least 4 members (excludes halogenated alkanes) is 1. The fraction of sp³-hybridized carbons (Fsp3) is 0.238. The van der Waals surface area contributed by atoms with Crippen molar-refractivity contribution < 1.29 is 23.4 Å². The molecule has 0 saturated heterocycles. The van der Waals surface area contributed by atoms with Gasteiger partial charge in [-0.2, -0.15) is 0 Å². The van der Waals surface area contributed by atoms with Crippen LogP contribution in [0, 0.1) is 0 Å². The summed E-state index contributed by atoms with van der Waals surface area (Å²) >= 11 is 6.05. The molecule has 0 unspecified atom stereocenters. The van der Waals surface area contributed by atoms with E-state index in [1.165, 1.54) is 12.3 Å². The lowest BCUT2D eigenvalue weighted by molar-refractivity contribution is -0.146. The summed E-state index contributed by atoms with van der Waals surface area (Å²) in [5.74, 6) is 0.326. The van der Waals surface area contributed by atoms with Crippen LogP contribution in [0.2, 0.25) is 5.02 Å². The number of ether oxygens (including phenoxy) is 3. The van der Waals surface area contributed by atoms with Crippen molar-refractivity contribution in [3.05, 3.63) is 64.0 Å². The Labute approximate surface area is 166 Å². The minimum absolute atomic E-state index is 0.0220. The molecule has 0 saturated carbocycles. The maximum absolute atomic E-state index is 12.6. The van der Waals surface area contributed by atoms with Gasteiger partial charge >= 0.3 is 5.97 Å². The molecule has 3 rings (SSSR count). The van der Waals surface area contributed by atoms with E-state index in [9.17, 15) is 9.59 Å². The second-order valence-electron chi connectivity index (χ2n) is 5.98. The van der Waals surface area contributed by atoms with Gasteiger partial charge in [-0.15, -0.1) is 0 Å². The summed E-state index contributed by atoms with van der Waals surface area (Å²) in [6.45, 7) is 2.17. The Morgan fingerprint density at radius 2 is 1.96 bits per heavy atom. The third-order valence-corrected chi connectivity index (χ3v) is 4.20. The summed E-state index contributed by atoms with van der Waals surface area (Å²) < 4.78 is 21.5. The zero-order chi connectivity index (χ0) is 19.9. The number of halogens is 1. The summed E-state index contributed by atoms with van der Waals surface area (Å²) in [5, 5.41) is 0.707. The summed E-state index contributed by atoms with van der Waals surface area (Å²) in [4.78, 5) is 24.2. The molecule has 6 nitrogen and oxygen atoms in total. The van der Waals surface area contributed by atoms with E-state index in [2.05, 4.69) is 0 Å². The van der Waals surface area contributed by atoms with Crippen LogP contribution in [0.1, 0.15) is 19.8 Å². The summed E-state index contributed by atoms with van der Waals surface area (Å²) in [5.41, 5.74) is -0.0277. The van der Waals surface area contributed by atoms with Gasteiger partial charge in [-0.05, 0) is 30.7 Å². The van der Waals surface area contributed by atoms with Gasteiger partial charge in [-0.1, -0.05) is 37.1 Å². The molecule has 0 spiro atoms. The number of esters is 1. The van der Waals surface area contributed by atoms with Crippen molar-refractivity contribution in [3.63, 3.8) is 0 Å². The number of para-hydroxylation sites is 1. The predicted molar refractivity (Wildman–Crippen MR) is 105 cm³/mol. The molecule has 2 aromatic carbocycles. The zero-order valence-electron chi connectivity index (χ0n) is 15.3. The molecule has 0 bridgehead atoms. The Morgan fingerprint density at radius 3 is 2.75 bits per heavy atom. The number of hydrogen-bond donors (Lipinski definition) is 0. The lowest BCUT2D eigenvalue weighted by Crippen LogP contribution is -2.15. The van der Waals surface area contributed by atoms with Crippen molar-refractivity contribution in [3.8, 4) is 17.2 Å². The normalized spacial score (nSPS) is 10.6. The van der Waals surface area contributed by atoms with Crippen LogP contribution in [0.15, 0.2) is 57.9 Å². The topological polar surface area (TPSA) is 75.0 Å². The molecular weight excluding hydrogens is 384 g/mol. The second kappa shape index (κ2) is 9.28. The first-order valence-electron chi connectivity index (χ1n) is 8.85. The predicted octanol–water partition coefficient (Wildman–Crippen LogP) is 4.96. The molecule has 28 heavy (non-hydrogen) atoms. The van der Waals surface area contributed by atoms with Crippen molar-refractivity contribution in [2.24, 2.45) is 0 Å². The van der Waals surface area contributed by atoms with E-state index in [-0.39, 0.29) is 17.8 Å². The molecule has 0 aliphatic carbocycles. The molecular formula is C21H19ClO6. The molecule has 3 aromatic rings. The highest BCUT2D eigenvalue weighted by molar-refractivity contribution is 6.32. The van der Waals surface area contributed by atoms with Crippen LogP contribution in [-0.4, -0.2) is 19.2 Å². The number of benzene rings is 2. The Hall–Kier alpha value is -2.99. The van der Waals surface area contributed by atoms with Gasteiger partial charge in [0, 0.05) is 6.07 Å². The largest absolute Gasteiger partial charge is 0.482 e. The molecule has 1 aromatic heterocycles. The lowest BCUT2D eigenvalue weighted by Gasteiger charge is -2.09. The monoisotopic (exact) mass is 402 g/mol. The highest BCUT2D eigenvalue weighted by Crippen LogP contribution is 2.28. The summed E-state index contributed by atoms with van der Waals surface area (Å²) in [6, 6.07) is 11.5. The number of rotatable bonds is 8. The van der Waals surface area contributed by atoms with Gasteiger partial charge in [0.15, 0.2) is 6.61 Å². The fourth-order valence-corrected chi connectivity index (χ4v) is 2.59. The first-order valence-corrected chi connectivity index (χ1v) is 9.22. The molecule has 7 heteroatoms. The molecule has 0 fully saturated rings. The molecule has 0 N–H and O–H groups in total. The minimum Gasteiger partial charge on any atom is -0.482 e. The average Bonchev–Trinajstić information content (AvgIpc) is 2.70. The van der Waals surface area contributed by atoms with Gasteiger partial charge in [0.2, 0.25) is 11.2 Å². The zero-order valence-corrected chi connectivity index (χ0v) is 16.0. The van der Waals surface area contributed by atoms with Crippen LogP contribution in [0.3, 0.4) is 0 Å². The highest BCUT2D eigenvalue weighted by Gasteiger charge is 2.12. The van der Waals surface area contributed by atoms with Crippen molar-refractivity contribution in [2.75, 3.05) is 13.2 Å². The maximum Gasteiger partial charge on any atom is 0.344 e. The van der Waals surface area contributed by atoms with Crippen molar-refractivity contribution >= 4 is 28.5 Å². The minimum atomic E-state index is -0.446. The Morgan fingerprint density at radius 1 is 1.14 bits per heavy atom. The number of hydrogen-bond acceptors (Lipinski definition) is 6. The third kappa shape index (κ3) is 4.84. The molecule has 146 valence electrons. The SMILES string of the molecule is CCCCOC(=O)COc1ccc2c(=O)c(Oc3ccccc3Cl)coc2c1. The van der Waals surface area contributed by atoms with Crippen LogP contribution in [0.4, 0.5) is 0 Å². The molecule has 0 aliphatic rings. The molecule has 0 amide bonds. The third-order valence-electron chi connectivity index (χ3n) is 3.89. The van der Waals surface area contributed by atoms with Crippen LogP contribution in [0.25, 0.3) is 11.0 Å². The van der Waals surface area contributed by atoms with Crippen molar-refractivity contribution in [1.29, 1.82) is 0 Å². The quantitative estimate of drug-likeness (QED) is 0.391. The van der Waals surface area contributed by atoms with Gasteiger partial charge in [0.1, 0.15) is 23.3 Å². The van der Waals surface area contributed by atoms with Crippen molar-refractivity contribution in [1.82, 2.24) is 0 Å². The molecule has 0 radical (unpaired) electrons. The first kappa shape index (κ1) is 19.8. The van der Waals surface area contributed by atoms with Crippen molar-refractivity contribution in [2.45, 2.75) is 19.8 Å². The molecule has 0 aliphatic heterocycles. The fourth-order valence-electron chi connectivity index (χ4n) is 2.41. The van der Waals surface area contributed by atoms with Crippen LogP contribution >= 0.6 is 11.6 Å². The van der Waals surface area contributed by atoms with Gasteiger partial charge in [0.05, 0.1) is 17.0 Å². The van der Waals surface area contributed by atoms with E-state index in [0.717, 1.165) is 12.8 Å². The van der Waals surface area contributed by atoms with Crippen LogP contribution in [-0.2, 0) is 9.53 Å². The smallest absolute Gasteiger partial charge is 0.344 e. The van der Waals surface area contributed by atoms with Gasteiger partial charge < -0.3 is 18.6 Å². The van der Waals surface area contributed by atoms with E-state index in [1.807, 2.05) is 6.92 Å². The van der Waals surface area contributed by atoms with E-state index in [4.69, 9.17) is 30.2 Å². The lowest BCUT2D eigenvalue weighted by atomic mass is 10.2. The van der Waals surface area contributed by atoms with E-state index in [1.54, 1.807) is 36.4 Å². The molecule has 0 atom stereocenters. The summed E-state index contributed by atoms with van der Waals surface area (Å²) in [6.07, 6.45) is 2.97. The van der Waals surface area contributed by atoms with Crippen LogP contribution < -0.4 is 14.9 Å². The first-order chi connectivity index (χ1) is 13.6. The van der Waals surface area contributed by atoms with Gasteiger partial charge in [-0.3, -0.25) is 4.79 Å². The van der Waals surface area contributed by atoms with E-state index >= 15 is 0 Å². The number of fused-ring (bicyclic) bond motifs is 1. The Balaban J connectivity index is 1.73. The van der Waals surface area contributed by atoms with E-state index in [0.29, 0.717) is 34.1 Å². The van der Waals surface area contributed by atoms with E-state index < -0.39 is 5.97 Å². The Kier molecular flexibility index (Phi) is 6.55. The second-order valence-corrected chi connectivity index (χ2v) is 6.39. The van der Waals surface area contributed by atoms with Gasteiger partial charge in [-0.25, -0.2) is 4.79 Å². The molecule has 1 heterocycles. The summed E-state index contributed by atoms with van der Waals surface area (Å²) in [7, 11) is 0. The maximum atomic E-state index is 12.6. The number of carbonyl (C=O) groups is 1. The Bertz CT molecular complexity index is 1030. The highest BCUT2D eigenvalue weighted by atomic mass is 35.5. The van der Waals surface area contributed by atoms with Gasteiger partial charge in [0.25, 0.3) is 0 Å². The average molecular weight is 403 g/mol. The van der Waals surface area contributed by atoms with Crippen LogP contribution in [0.5, 0.6) is 17.2 Å².